The molecule has 0 spiro atoms. The summed E-state index contributed by atoms with van der Waals surface area (Å²) in [6.45, 7) is 2.16. The quantitative estimate of drug-likeness (QED) is 0.588. The summed E-state index contributed by atoms with van der Waals surface area (Å²) in [6.07, 6.45) is 19.6. The molecule has 0 aromatic carbocycles. The predicted octanol–water partition coefficient (Wildman–Crippen LogP) is 2.82. The topological polar surface area (TPSA) is 0 Å². The molecule has 0 aromatic heterocycles. The van der Waals surface area contributed by atoms with Crippen LogP contribution in [0.25, 0.3) is 0 Å². The van der Waals surface area contributed by atoms with E-state index in [1.807, 2.05) is 32.1 Å². The summed E-state index contributed by atoms with van der Waals surface area (Å²) < 4.78 is 0. The van der Waals surface area contributed by atoms with E-state index in [-0.39, 0.29) is 17.1 Å². The van der Waals surface area contributed by atoms with Gasteiger partial charge in [0.05, 0.1) is 0 Å². The van der Waals surface area contributed by atoms with Crippen LogP contribution in [0.5, 0.6) is 0 Å². The zero-order chi connectivity index (χ0) is 8.65. The van der Waals surface area contributed by atoms with Gasteiger partial charge in [-0.25, -0.2) is 0 Å². The summed E-state index contributed by atoms with van der Waals surface area (Å²) in [5, 5.41) is 0. The van der Waals surface area contributed by atoms with Gasteiger partial charge in [-0.2, -0.15) is 0 Å². The van der Waals surface area contributed by atoms with E-state index in [1.54, 1.807) is 0 Å². The van der Waals surface area contributed by atoms with Crippen molar-refractivity contribution in [2.75, 3.05) is 0 Å². The van der Waals surface area contributed by atoms with E-state index >= 15 is 0 Å². The molecule has 10 radical (unpaired) electrons. The van der Waals surface area contributed by atoms with E-state index in [1.165, 1.54) is 5.92 Å². The van der Waals surface area contributed by atoms with Crippen LogP contribution in [-0.2, 0) is 17.1 Å². The molecule has 0 heterocycles. The summed E-state index contributed by atoms with van der Waals surface area (Å²) in [6, 6.07) is 0. The molecule has 0 atom stereocenters. The summed E-state index contributed by atoms with van der Waals surface area (Å²) in [5.41, 5.74) is 0. The molecule has 2 rings (SSSR count). The maximum absolute atomic E-state index is 2.16. The van der Waals surface area contributed by atoms with Crippen molar-refractivity contribution >= 4 is 0 Å². The molecule has 0 amide bonds. The number of hydrogen-bond acceptors (Lipinski definition) is 0. The van der Waals surface area contributed by atoms with E-state index in [0.717, 1.165) is 6.42 Å². The first-order valence-electron chi connectivity index (χ1n) is 4.30. The molecule has 0 aliphatic heterocycles. The fourth-order valence-corrected chi connectivity index (χ4v) is 0.970. The van der Waals surface area contributed by atoms with Crippen molar-refractivity contribution in [3.63, 3.8) is 0 Å². The number of hydrogen-bond donors (Lipinski definition) is 0. The minimum absolute atomic E-state index is 0. The van der Waals surface area contributed by atoms with Crippen LogP contribution < -0.4 is 0 Å². The van der Waals surface area contributed by atoms with Crippen molar-refractivity contribution in [1.82, 2.24) is 0 Å². The van der Waals surface area contributed by atoms with E-state index in [2.05, 4.69) is 32.6 Å². The van der Waals surface area contributed by atoms with Crippen LogP contribution in [-0.4, -0.2) is 0 Å². The van der Waals surface area contributed by atoms with Crippen LogP contribution in [0.4, 0.5) is 0 Å². The molecule has 0 aromatic rings. The van der Waals surface area contributed by atoms with Gasteiger partial charge in [-0.1, -0.05) is 6.92 Å². The van der Waals surface area contributed by atoms with Crippen molar-refractivity contribution in [3.05, 3.63) is 63.7 Å². The Labute approximate surface area is 94.3 Å². The first-order valence-corrected chi connectivity index (χ1v) is 4.30. The Kier molecular flexibility index (Phi) is 9.45. The van der Waals surface area contributed by atoms with Gasteiger partial charge in [0.1, 0.15) is 0 Å². The summed E-state index contributed by atoms with van der Waals surface area (Å²) >= 11 is 0. The molecule has 1 heteroatoms. The van der Waals surface area contributed by atoms with Gasteiger partial charge in [-0.05, 0) is 70.1 Å². The molecule has 0 unspecified atom stereocenters. The Bertz CT molecular complexity index is 83.7. The third-order valence-corrected chi connectivity index (χ3v) is 1.70. The molecule has 0 bridgehead atoms. The van der Waals surface area contributed by atoms with Gasteiger partial charge in [0.2, 0.25) is 0 Å². The maximum atomic E-state index is 2.16. The maximum Gasteiger partial charge on any atom is 0 e. The van der Waals surface area contributed by atoms with Crippen molar-refractivity contribution in [2.24, 2.45) is 0 Å². The van der Waals surface area contributed by atoms with Gasteiger partial charge in [-0.15, -0.1) is 0 Å². The molecule has 0 saturated heterocycles. The molecule has 0 N–H and O–H groups in total. The molecule has 0 nitrogen and oxygen atoms in total. The predicted molar refractivity (Wildman–Crippen MR) is 52.2 cm³/mol. The molecule has 2 fully saturated rings. The Morgan fingerprint density at radius 3 is 1.38 bits per heavy atom. The van der Waals surface area contributed by atoms with Crippen LogP contribution in [0.15, 0.2) is 0 Å². The van der Waals surface area contributed by atoms with Gasteiger partial charge in [0.25, 0.3) is 0 Å². The SMILES string of the molecule is CC[C]1[CH][CH][CH][CH]1.[CH]1[CH][CH][CH][CH]1.[Fe]. The van der Waals surface area contributed by atoms with Crippen LogP contribution >= 0.6 is 0 Å². The standard InChI is InChI=1S/C7H9.C5H5.Fe/c1-2-7-5-3-4-6-7;1-2-4-5-3-1;/h3-6H,2H2,1H3;1-5H;. The summed E-state index contributed by atoms with van der Waals surface area (Å²) in [5.74, 6) is 1.43. The van der Waals surface area contributed by atoms with E-state index < -0.39 is 0 Å². The minimum Gasteiger partial charge on any atom is -0.0648 e. The molecular weight excluding hydrogens is 200 g/mol. The molecular formula is C12H14Fe. The van der Waals surface area contributed by atoms with Crippen LogP contribution in [0.3, 0.4) is 0 Å². The second-order valence-corrected chi connectivity index (χ2v) is 2.61. The van der Waals surface area contributed by atoms with Gasteiger partial charge in [0.15, 0.2) is 0 Å². The van der Waals surface area contributed by atoms with Crippen LogP contribution in [0, 0.1) is 63.7 Å². The minimum atomic E-state index is 0. The zero-order valence-corrected chi connectivity index (χ0v) is 8.86. The van der Waals surface area contributed by atoms with Crippen molar-refractivity contribution in [2.45, 2.75) is 13.3 Å². The summed E-state index contributed by atoms with van der Waals surface area (Å²) in [7, 11) is 0. The average Bonchev–Trinajstić information content (AvgIpc) is 2.81. The zero-order valence-electron chi connectivity index (χ0n) is 7.76. The molecule has 70 valence electrons. The normalized spacial score (nSPS) is 21.9. The van der Waals surface area contributed by atoms with E-state index in [4.69, 9.17) is 0 Å². The van der Waals surface area contributed by atoms with Crippen molar-refractivity contribution in [3.8, 4) is 0 Å². The van der Waals surface area contributed by atoms with Gasteiger partial charge in [0, 0.05) is 17.1 Å². The first kappa shape index (κ1) is 13.5. The molecule has 2 aliphatic carbocycles. The van der Waals surface area contributed by atoms with Gasteiger partial charge >= 0.3 is 0 Å². The second-order valence-electron chi connectivity index (χ2n) is 2.61. The van der Waals surface area contributed by atoms with Crippen molar-refractivity contribution in [1.29, 1.82) is 0 Å². The van der Waals surface area contributed by atoms with Gasteiger partial charge < -0.3 is 0 Å². The molecule has 2 aliphatic rings. The molecule has 13 heavy (non-hydrogen) atoms. The monoisotopic (exact) mass is 214 g/mol. The van der Waals surface area contributed by atoms with Gasteiger partial charge in [-0.3, -0.25) is 0 Å². The second kappa shape index (κ2) is 9.09. The molecule has 2 saturated carbocycles. The van der Waals surface area contributed by atoms with Crippen molar-refractivity contribution < 1.29 is 17.1 Å². The van der Waals surface area contributed by atoms with E-state index in [9.17, 15) is 0 Å². The fraction of sp³-hybridized carbons (Fsp3) is 0.167. The number of rotatable bonds is 1. The Balaban J connectivity index is 0.000000215. The Morgan fingerprint density at radius 2 is 1.15 bits per heavy atom. The average molecular weight is 214 g/mol. The summed E-state index contributed by atoms with van der Waals surface area (Å²) in [4.78, 5) is 0. The van der Waals surface area contributed by atoms with Crippen LogP contribution in [0.1, 0.15) is 13.3 Å². The fourth-order valence-electron chi connectivity index (χ4n) is 0.970. The Morgan fingerprint density at radius 1 is 0.769 bits per heavy atom. The van der Waals surface area contributed by atoms with Crippen LogP contribution in [0.2, 0.25) is 0 Å². The third kappa shape index (κ3) is 6.57. The van der Waals surface area contributed by atoms with E-state index in [0.29, 0.717) is 0 Å². The third-order valence-electron chi connectivity index (χ3n) is 1.70. The largest absolute Gasteiger partial charge is 0.0648 e. The Hall–Kier alpha value is 0.519. The first-order chi connectivity index (χ1) is 5.93. The smallest absolute Gasteiger partial charge is 0 e.